The number of nitriles is 1. The standard InChI is InChI=1S/C24H23N5O5/c1-4-33-18-9-7-17(8-10-18)29-24(32)19(13-25)15(3)22(28-29)23(31)27-26-14-16-6-11-20(30)21(12-16)34-5-2/h6-12,14,30H,4-5H2,1-3H3,(H,27,31)/b26-14+. The molecule has 174 valence electrons. The molecule has 1 amide bonds. The summed E-state index contributed by atoms with van der Waals surface area (Å²) in [5.74, 6) is 0.189. The molecule has 0 atom stereocenters. The molecule has 0 aliphatic rings. The van der Waals surface area contributed by atoms with Gasteiger partial charge in [0, 0.05) is 5.56 Å². The van der Waals surface area contributed by atoms with Gasteiger partial charge in [0.1, 0.15) is 17.4 Å². The van der Waals surface area contributed by atoms with Gasteiger partial charge in [0.05, 0.1) is 25.1 Å². The van der Waals surface area contributed by atoms with Crippen LogP contribution in [0.5, 0.6) is 17.2 Å². The number of hydrazone groups is 1. The summed E-state index contributed by atoms with van der Waals surface area (Å²) in [7, 11) is 0. The van der Waals surface area contributed by atoms with Crippen molar-refractivity contribution in [2.75, 3.05) is 13.2 Å². The van der Waals surface area contributed by atoms with Gasteiger partial charge in [-0.15, -0.1) is 0 Å². The average molecular weight is 461 g/mol. The number of hydrogen-bond donors (Lipinski definition) is 2. The highest BCUT2D eigenvalue weighted by molar-refractivity contribution is 5.94. The van der Waals surface area contributed by atoms with Crippen LogP contribution < -0.4 is 20.5 Å². The summed E-state index contributed by atoms with van der Waals surface area (Å²) in [6.07, 6.45) is 1.36. The third-order valence-electron chi connectivity index (χ3n) is 4.72. The number of ether oxygens (including phenoxy) is 2. The summed E-state index contributed by atoms with van der Waals surface area (Å²) < 4.78 is 11.7. The second-order valence-electron chi connectivity index (χ2n) is 6.96. The first-order valence-electron chi connectivity index (χ1n) is 10.5. The van der Waals surface area contributed by atoms with E-state index < -0.39 is 11.5 Å². The van der Waals surface area contributed by atoms with Crippen LogP contribution in [0.25, 0.3) is 5.69 Å². The number of benzene rings is 2. The van der Waals surface area contributed by atoms with Gasteiger partial charge in [-0.2, -0.15) is 20.1 Å². The molecule has 3 aromatic rings. The highest BCUT2D eigenvalue weighted by Gasteiger charge is 2.20. The van der Waals surface area contributed by atoms with E-state index >= 15 is 0 Å². The van der Waals surface area contributed by atoms with E-state index in [0.29, 0.717) is 30.2 Å². The highest BCUT2D eigenvalue weighted by atomic mass is 16.5. The van der Waals surface area contributed by atoms with Crippen LogP contribution in [0.3, 0.4) is 0 Å². The Morgan fingerprint density at radius 2 is 1.91 bits per heavy atom. The van der Waals surface area contributed by atoms with Crippen LogP contribution in [0, 0.1) is 18.3 Å². The van der Waals surface area contributed by atoms with Gasteiger partial charge in [-0.1, -0.05) is 0 Å². The van der Waals surface area contributed by atoms with E-state index in [2.05, 4.69) is 15.6 Å². The minimum absolute atomic E-state index is 0.0107. The summed E-state index contributed by atoms with van der Waals surface area (Å²) in [6.45, 7) is 5.98. The molecular formula is C24H23N5O5. The molecule has 10 nitrogen and oxygen atoms in total. The van der Waals surface area contributed by atoms with Crippen molar-refractivity contribution in [1.82, 2.24) is 15.2 Å². The fourth-order valence-corrected chi connectivity index (χ4v) is 3.08. The zero-order chi connectivity index (χ0) is 24.7. The van der Waals surface area contributed by atoms with Crippen LogP contribution in [0.2, 0.25) is 0 Å². The van der Waals surface area contributed by atoms with E-state index in [1.165, 1.54) is 19.2 Å². The molecular weight excluding hydrogens is 438 g/mol. The molecule has 1 aromatic heterocycles. The van der Waals surface area contributed by atoms with E-state index in [9.17, 15) is 20.0 Å². The number of carbonyl (C=O) groups is 1. The van der Waals surface area contributed by atoms with Gasteiger partial charge in [0.15, 0.2) is 17.2 Å². The number of phenolic OH excluding ortho intramolecular Hbond substituents is 1. The molecule has 3 rings (SSSR count). The summed E-state index contributed by atoms with van der Waals surface area (Å²) in [5, 5.41) is 27.4. The monoisotopic (exact) mass is 461 g/mol. The Morgan fingerprint density at radius 1 is 1.21 bits per heavy atom. The molecule has 10 heteroatoms. The predicted octanol–water partition coefficient (Wildman–Crippen LogP) is 2.68. The summed E-state index contributed by atoms with van der Waals surface area (Å²) >= 11 is 0. The van der Waals surface area contributed by atoms with Crippen LogP contribution in [0.1, 0.15) is 41.0 Å². The number of aromatic hydroxyl groups is 1. The first kappa shape index (κ1) is 24.0. The van der Waals surface area contributed by atoms with Crippen LogP contribution in [-0.4, -0.2) is 40.2 Å². The first-order chi connectivity index (χ1) is 16.4. The Morgan fingerprint density at radius 3 is 2.56 bits per heavy atom. The minimum Gasteiger partial charge on any atom is -0.504 e. The fourth-order valence-electron chi connectivity index (χ4n) is 3.08. The average Bonchev–Trinajstić information content (AvgIpc) is 2.82. The predicted molar refractivity (Wildman–Crippen MR) is 125 cm³/mol. The van der Waals surface area contributed by atoms with Gasteiger partial charge in [0.2, 0.25) is 0 Å². The molecule has 0 unspecified atom stereocenters. The minimum atomic E-state index is -0.700. The number of carbonyl (C=O) groups excluding carboxylic acids is 1. The third-order valence-corrected chi connectivity index (χ3v) is 4.72. The lowest BCUT2D eigenvalue weighted by Gasteiger charge is -2.11. The summed E-state index contributed by atoms with van der Waals surface area (Å²) in [4.78, 5) is 25.6. The molecule has 0 saturated heterocycles. The summed E-state index contributed by atoms with van der Waals surface area (Å²) in [5.41, 5.74) is 2.48. The molecule has 0 spiro atoms. The number of amides is 1. The molecule has 0 saturated carbocycles. The first-order valence-corrected chi connectivity index (χ1v) is 10.5. The van der Waals surface area contributed by atoms with E-state index in [4.69, 9.17) is 9.47 Å². The van der Waals surface area contributed by atoms with Crippen molar-refractivity contribution in [1.29, 1.82) is 5.26 Å². The second kappa shape index (κ2) is 10.8. The molecule has 1 heterocycles. The van der Waals surface area contributed by atoms with E-state index in [-0.39, 0.29) is 28.3 Å². The molecule has 2 N–H and O–H groups in total. The second-order valence-corrected chi connectivity index (χ2v) is 6.96. The Bertz CT molecular complexity index is 1320. The Hall–Kier alpha value is -4.65. The van der Waals surface area contributed by atoms with Crippen molar-refractivity contribution in [2.24, 2.45) is 5.10 Å². The number of phenols is 1. The van der Waals surface area contributed by atoms with Crippen LogP contribution in [0.15, 0.2) is 52.4 Å². The molecule has 2 aromatic carbocycles. The normalized spacial score (nSPS) is 10.6. The van der Waals surface area contributed by atoms with Crippen molar-refractivity contribution in [3.05, 3.63) is 75.2 Å². The zero-order valence-electron chi connectivity index (χ0n) is 18.9. The molecule has 34 heavy (non-hydrogen) atoms. The van der Waals surface area contributed by atoms with Crippen molar-refractivity contribution in [3.8, 4) is 29.0 Å². The molecule has 0 bridgehead atoms. The molecule has 0 aliphatic heterocycles. The number of nitrogens with one attached hydrogen (secondary N) is 1. The SMILES string of the molecule is CCOc1ccc(-n2nc(C(=O)N/N=C/c3ccc(O)c(OCC)c3)c(C)c(C#N)c2=O)cc1. The van der Waals surface area contributed by atoms with Crippen molar-refractivity contribution < 1.29 is 19.4 Å². The Kier molecular flexibility index (Phi) is 7.61. The maximum atomic E-state index is 12.8. The van der Waals surface area contributed by atoms with Gasteiger partial charge in [0.25, 0.3) is 11.5 Å². The molecule has 0 aliphatic carbocycles. The molecule has 0 fully saturated rings. The number of aromatic nitrogens is 2. The van der Waals surface area contributed by atoms with Crippen LogP contribution in [0.4, 0.5) is 0 Å². The highest BCUT2D eigenvalue weighted by Crippen LogP contribution is 2.26. The van der Waals surface area contributed by atoms with Crippen LogP contribution in [-0.2, 0) is 0 Å². The fraction of sp³-hybridized carbons (Fsp3) is 0.208. The lowest BCUT2D eigenvalue weighted by molar-refractivity contribution is 0.0947. The van der Waals surface area contributed by atoms with Gasteiger partial charge in [-0.3, -0.25) is 9.59 Å². The van der Waals surface area contributed by atoms with Crippen molar-refractivity contribution in [2.45, 2.75) is 20.8 Å². The van der Waals surface area contributed by atoms with Gasteiger partial charge in [-0.05, 0) is 68.8 Å². The van der Waals surface area contributed by atoms with E-state index in [1.54, 1.807) is 43.3 Å². The number of rotatable bonds is 8. The van der Waals surface area contributed by atoms with Gasteiger partial charge >= 0.3 is 0 Å². The Balaban J connectivity index is 1.90. The van der Waals surface area contributed by atoms with E-state index in [1.807, 2.05) is 13.0 Å². The lowest BCUT2D eigenvalue weighted by atomic mass is 10.1. The topological polar surface area (TPSA) is 139 Å². The largest absolute Gasteiger partial charge is 0.504 e. The number of nitrogens with zero attached hydrogens (tertiary/aromatic N) is 4. The maximum Gasteiger partial charge on any atom is 0.292 e. The summed E-state index contributed by atoms with van der Waals surface area (Å²) in [6, 6.07) is 13.0. The number of hydrogen-bond acceptors (Lipinski definition) is 8. The van der Waals surface area contributed by atoms with Crippen molar-refractivity contribution >= 4 is 12.1 Å². The van der Waals surface area contributed by atoms with E-state index in [0.717, 1.165) is 4.68 Å². The van der Waals surface area contributed by atoms with Crippen LogP contribution >= 0.6 is 0 Å². The smallest absolute Gasteiger partial charge is 0.292 e. The zero-order valence-corrected chi connectivity index (χ0v) is 18.9. The Labute approximate surface area is 195 Å². The third kappa shape index (κ3) is 5.21. The van der Waals surface area contributed by atoms with Gasteiger partial charge in [-0.25, -0.2) is 5.43 Å². The molecule has 0 radical (unpaired) electrons. The lowest BCUT2D eigenvalue weighted by Crippen LogP contribution is -2.31. The van der Waals surface area contributed by atoms with Crippen molar-refractivity contribution in [3.63, 3.8) is 0 Å². The maximum absolute atomic E-state index is 12.8. The quantitative estimate of drug-likeness (QED) is 0.388. The van der Waals surface area contributed by atoms with Gasteiger partial charge < -0.3 is 14.6 Å².